The van der Waals surface area contributed by atoms with Gasteiger partial charge in [0.25, 0.3) is 0 Å². The maximum Gasteiger partial charge on any atom is 0.246 e. The number of hydrogen-bond acceptors (Lipinski definition) is 6. The number of ether oxygens (including phenoxy) is 2. The van der Waals surface area contributed by atoms with Gasteiger partial charge in [-0.25, -0.2) is 4.99 Å². The molecule has 8 nitrogen and oxygen atoms in total. The second-order valence-corrected chi connectivity index (χ2v) is 6.84. The molecule has 0 spiro atoms. The van der Waals surface area contributed by atoms with Crippen LogP contribution in [0.5, 0.6) is 5.75 Å². The predicted molar refractivity (Wildman–Crippen MR) is 122 cm³/mol. The van der Waals surface area contributed by atoms with Crippen molar-refractivity contribution in [2.75, 3.05) is 19.8 Å². The molecule has 0 aliphatic carbocycles. The summed E-state index contributed by atoms with van der Waals surface area (Å²) in [5.74, 6) is 2.69. The molecule has 3 rings (SSSR count). The summed E-state index contributed by atoms with van der Waals surface area (Å²) in [4.78, 5) is 8.86. The van der Waals surface area contributed by atoms with Gasteiger partial charge in [0.1, 0.15) is 12.4 Å². The second-order valence-electron chi connectivity index (χ2n) is 6.84. The first-order chi connectivity index (χ1) is 13.6. The van der Waals surface area contributed by atoms with E-state index >= 15 is 0 Å². The average Bonchev–Trinajstić information content (AvgIpc) is 3.35. The van der Waals surface area contributed by atoms with Gasteiger partial charge in [-0.2, -0.15) is 4.98 Å². The van der Waals surface area contributed by atoms with Crippen molar-refractivity contribution in [3.05, 3.63) is 41.0 Å². The van der Waals surface area contributed by atoms with Gasteiger partial charge in [0.2, 0.25) is 5.89 Å². The molecule has 0 amide bonds. The molecule has 0 bridgehead atoms. The summed E-state index contributed by atoms with van der Waals surface area (Å²) in [5.41, 5.74) is 2.20. The van der Waals surface area contributed by atoms with Crippen LogP contribution in [-0.4, -0.2) is 42.0 Å². The zero-order valence-electron chi connectivity index (χ0n) is 17.2. The minimum atomic E-state index is 0. The number of aromatic nitrogens is 2. The highest BCUT2D eigenvalue weighted by Crippen LogP contribution is 2.23. The fourth-order valence-electron chi connectivity index (χ4n) is 2.96. The van der Waals surface area contributed by atoms with E-state index in [1.807, 2.05) is 6.92 Å². The van der Waals surface area contributed by atoms with Gasteiger partial charge in [0.15, 0.2) is 11.8 Å². The van der Waals surface area contributed by atoms with E-state index in [0.717, 1.165) is 42.9 Å². The van der Waals surface area contributed by atoms with Crippen molar-refractivity contribution >= 4 is 29.9 Å². The predicted octanol–water partition coefficient (Wildman–Crippen LogP) is 3.12. The van der Waals surface area contributed by atoms with Crippen LogP contribution in [0.4, 0.5) is 0 Å². The summed E-state index contributed by atoms with van der Waals surface area (Å²) in [6, 6.07) is 6.20. The molecular formula is C20H30IN5O3. The third-order valence-corrected chi connectivity index (χ3v) is 4.40. The molecule has 1 aromatic heterocycles. The lowest BCUT2D eigenvalue weighted by molar-refractivity contribution is 0.0676. The van der Waals surface area contributed by atoms with Crippen molar-refractivity contribution in [3.8, 4) is 5.75 Å². The van der Waals surface area contributed by atoms with Crippen LogP contribution in [0.3, 0.4) is 0 Å². The van der Waals surface area contributed by atoms with Gasteiger partial charge < -0.3 is 24.6 Å². The van der Waals surface area contributed by atoms with Crippen LogP contribution in [0.15, 0.2) is 27.7 Å². The Morgan fingerprint density at radius 2 is 2.17 bits per heavy atom. The molecule has 1 atom stereocenters. The smallest absolute Gasteiger partial charge is 0.246 e. The molecule has 0 saturated carbocycles. The molecule has 1 aliphatic rings. The lowest BCUT2D eigenvalue weighted by Gasteiger charge is -2.15. The average molecular weight is 515 g/mol. The molecule has 1 aliphatic heterocycles. The van der Waals surface area contributed by atoms with E-state index in [2.05, 4.69) is 50.9 Å². The zero-order valence-corrected chi connectivity index (χ0v) is 19.6. The van der Waals surface area contributed by atoms with Crippen molar-refractivity contribution in [2.24, 2.45) is 4.99 Å². The summed E-state index contributed by atoms with van der Waals surface area (Å²) >= 11 is 0. The highest BCUT2D eigenvalue weighted by Gasteiger charge is 2.17. The van der Waals surface area contributed by atoms with Crippen molar-refractivity contribution in [1.29, 1.82) is 0 Å². The number of guanidine groups is 1. The maximum atomic E-state index is 6.06. The SMILES string of the molecule is CCNC(=NCc1ccc(C)cc1OCC1CCCO1)NCc1nc(C)no1.I. The van der Waals surface area contributed by atoms with E-state index in [-0.39, 0.29) is 30.1 Å². The van der Waals surface area contributed by atoms with Gasteiger partial charge in [-0.15, -0.1) is 24.0 Å². The second kappa shape index (κ2) is 12.0. The number of rotatable bonds is 8. The van der Waals surface area contributed by atoms with Crippen molar-refractivity contribution in [3.63, 3.8) is 0 Å². The molecule has 1 unspecified atom stereocenters. The van der Waals surface area contributed by atoms with Gasteiger partial charge in [0.05, 0.1) is 19.2 Å². The van der Waals surface area contributed by atoms with E-state index < -0.39 is 0 Å². The van der Waals surface area contributed by atoms with Crippen LogP contribution in [0.25, 0.3) is 0 Å². The minimum absolute atomic E-state index is 0. The molecule has 2 N–H and O–H groups in total. The molecule has 9 heteroatoms. The van der Waals surface area contributed by atoms with Crippen LogP contribution < -0.4 is 15.4 Å². The lowest BCUT2D eigenvalue weighted by atomic mass is 10.1. The van der Waals surface area contributed by atoms with Crippen LogP contribution in [0.1, 0.15) is 42.6 Å². The molecule has 160 valence electrons. The zero-order chi connectivity index (χ0) is 19.8. The van der Waals surface area contributed by atoms with Gasteiger partial charge in [-0.05, 0) is 45.2 Å². The monoisotopic (exact) mass is 515 g/mol. The Morgan fingerprint density at radius 1 is 1.31 bits per heavy atom. The number of nitrogens with zero attached hydrogens (tertiary/aromatic N) is 3. The first-order valence-electron chi connectivity index (χ1n) is 9.79. The lowest BCUT2D eigenvalue weighted by Crippen LogP contribution is -2.36. The Morgan fingerprint density at radius 3 is 2.86 bits per heavy atom. The van der Waals surface area contributed by atoms with Crippen molar-refractivity contribution < 1.29 is 14.0 Å². The highest BCUT2D eigenvalue weighted by atomic mass is 127. The van der Waals surface area contributed by atoms with E-state index in [4.69, 9.17) is 14.0 Å². The molecule has 2 heterocycles. The third kappa shape index (κ3) is 7.46. The first-order valence-corrected chi connectivity index (χ1v) is 9.79. The van der Waals surface area contributed by atoms with Crippen LogP contribution in [0.2, 0.25) is 0 Å². The Balaban J connectivity index is 0.00000300. The standard InChI is InChI=1S/C20H29N5O3.HI/c1-4-21-20(23-12-19-24-15(3)25-28-19)22-11-16-8-7-14(2)10-18(16)27-13-17-6-5-9-26-17;/h7-8,10,17H,4-6,9,11-13H2,1-3H3,(H2,21,22,23);1H. The van der Waals surface area contributed by atoms with E-state index in [1.54, 1.807) is 6.92 Å². The van der Waals surface area contributed by atoms with Gasteiger partial charge >= 0.3 is 0 Å². The third-order valence-electron chi connectivity index (χ3n) is 4.40. The Bertz CT molecular complexity index is 790. The number of hydrogen-bond donors (Lipinski definition) is 2. The topological polar surface area (TPSA) is 93.8 Å². The number of halogens is 1. The van der Waals surface area contributed by atoms with Crippen LogP contribution in [-0.2, 0) is 17.8 Å². The molecule has 1 fully saturated rings. The summed E-state index contributed by atoms with van der Waals surface area (Å²) in [6.07, 6.45) is 2.35. The van der Waals surface area contributed by atoms with Crippen LogP contribution in [0, 0.1) is 13.8 Å². The van der Waals surface area contributed by atoms with E-state index in [9.17, 15) is 0 Å². The fraction of sp³-hybridized carbons (Fsp3) is 0.550. The number of nitrogens with one attached hydrogen (secondary N) is 2. The summed E-state index contributed by atoms with van der Waals surface area (Å²) in [5, 5.41) is 10.2. The van der Waals surface area contributed by atoms with Crippen LogP contribution >= 0.6 is 24.0 Å². The first kappa shape index (κ1) is 23.4. The van der Waals surface area contributed by atoms with E-state index in [1.165, 1.54) is 0 Å². The normalized spacial score (nSPS) is 16.4. The molecule has 2 aromatic rings. The number of aryl methyl sites for hydroxylation is 2. The van der Waals surface area contributed by atoms with E-state index in [0.29, 0.717) is 37.4 Å². The molecular weight excluding hydrogens is 485 g/mol. The quantitative estimate of drug-likeness (QED) is 0.317. The maximum absolute atomic E-state index is 6.06. The summed E-state index contributed by atoms with van der Waals surface area (Å²) < 4.78 is 16.8. The Labute approximate surface area is 188 Å². The Kier molecular flexibility index (Phi) is 9.65. The van der Waals surface area contributed by atoms with Crippen molar-refractivity contribution in [2.45, 2.75) is 52.8 Å². The Hall–Kier alpha value is -1.88. The fourth-order valence-corrected chi connectivity index (χ4v) is 2.96. The summed E-state index contributed by atoms with van der Waals surface area (Å²) in [7, 11) is 0. The molecule has 29 heavy (non-hydrogen) atoms. The summed E-state index contributed by atoms with van der Waals surface area (Å²) in [6.45, 7) is 8.96. The van der Waals surface area contributed by atoms with Gasteiger partial charge in [-0.1, -0.05) is 17.3 Å². The van der Waals surface area contributed by atoms with Crippen molar-refractivity contribution in [1.82, 2.24) is 20.8 Å². The number of benzene rings is 1. The molecule has 0 radical (unpaired) electrons. The molecule has 1 aromatic carbocycles. The highest BCUT2D eigenvalue weighted by molar-refractivity contribution is 14.0. The largest absolute Gasteiger partial charge is 0.491 e. The minimum Gasteiger partial charge on any atom is -0.491 e. The molecule has 1 saturated heterocycles. The van der Waals surface area contributed by atoms with Gasteiger partial charge in [-0.3, -0.25) is 0 Å². The van der Waals surface area contributed by atoms with Gasteiger partial charge in [0, 0.05) is 18.7 Å². The number of aliphatic imine (C=N–C) groups is 1.